The number of methoxy groups -OCH3 is 2. The van der Waals surface area contributed by atoms with Gasteiger partial charge in [0.2, 0.25) is 0 Å². The third kappa shape index (κ3) is 4.13. The van der Waals surface area contributed by atoms with Gasteiger partial charge in [0.25, 0.3) is 0 Å². The molecule has 6 heteroatoms. The van der Waals surface area contributed by atoms with Crippen molar-refractivity contribution in [2.75, 3.05) is 34.2 Å². The standard InChI is InChI=1S/C20H30O6/c1-15-8-10-20(26-14-22-4,9-6-7-17(21)23-5)19(2,3)18(15)16-13-24-11-12-25-16/h6-7,13H,8-12,14H2,1-5H3/b7-6+. The Balaban J connectivity index is 2.39. The molecular weight excluding hydrogens is 336 g/mol. The van der Waals surface area contributed by atoms with E-state index in [1.54, 1.807) is 13.4 Å². The number of carbonyl (C=O) groups is 1. The number of allylic oxidation sites excluding steroid dienone is 2. The van der Waals surface area contributed by atoms with Gasteiger partial charge in [0.15, 0.2) is 5.76 Å². The van der Waals surface area contributed by atoms with Crippen LogP contribution in [0, 0.1) is 5.41 Å². The van der Waals surface area contributed by atoms with E-state index in [1.807, 2.05) is 6.08 Å². The first-order valence-corrected chi connectivity index (χ1v) is 8.90. The molecule has 0 amide bonds. The number of hydrogen-bond donors (Lipinski definition) is 0. The minimum absolute atomic E-state index is 0.179. The SMILES string of the molecule is COCOC1(C/C=C/C(=O)OC)CCC(C)=C(C2=COCCO2)C1(C)C. The lowest BCUT2D eigenvalue weighted by Crippen LogP contribution is -2.51. The van der Waals surface area contributed by atoms with Gasteiger partial charge in [-0.3, -0.25) is 0 Å². The molecule has 2 aliphatic rings. The highest BCUT2D eigenvalue weighted by molar-refractivity contribution is 5.81. The Morgan fingerprint density at radius 1 is 1.31 bits per heavy atom. The molecule has 0 saturated carbocycles. The summed E-state index contributed by atoms with van der Waals surface area (Å²) in [7, 11) is 2.97. The van der Waals surface area contributed by atoms with Crippen LogP contribution in [0.15, 0.2) is 35.3 Å². The first-order chi connectivity index (χ1) is 12.4. The second-order valence-electron chi connectivity index (χ2n) is 7.16. The van der Waals surface area contributed by atoms with Gasteiger partial charge in [0.05, 0.1) is 12.7 Å². The zero-order chi connectivity index (χ0) is 19.2. The number of ether oxygens (including phenoxy) is 5. The van der Waals surface area contributed by atoms with E-state index in [0.717, 1.165) is 24.2 Å². The summed E-state index contributed by atoms with van der Waals surface area (Å²) in [5.74, 6) is 0.389. The molecule has 1 heterocycles. The van der Waals surface area contributed by atoms with E-state index in [1.165, 1.54) is 18.8 Å². The Labute approximate surface area is 155 Å². The zero-order valence-corrected chi connectivity index (χ0v) is 16.4. The van der Waals surface area contributed by atoms with Crippen LogP contribution in [0.2, 0.25) is 0 Å². The molecule has 6 nitrogen and oxygen atoms in total. The maximum absolute atomic E-state index is 11.5. The van der Waals surface area contributed by atoms with Crippen molar-refractivity contribution in [3.63, 3.8) is 0 Å². The van der Waals surface area contributed by atoms with Crippen LogP contribution in [-0.4, -0.2) is 45.8 Å². The van der Waals surface area contributed by atoms with Crippen molar-refractivity contribution in [1.82, 2.24) is 0 Å². The Kier molecular flexibility index (Phi) is 6.89. The summed E-state index contributed by atoms with van der Waals surface area (Å²) in [6.45, 7) is 7.69. The molecule has 0 radical (unpaired) electrons. The molecule has 0 saturated heterocycles. The first kappa shape index (κ1) is 20.5. The molecule has 1 atom stereocenters. The van der Waals surface area contributed by atoms with Crippen LogP contribution in [0.5, 0.6) is 0 Å². The highest BCUT2D eigenvalue weighted by Gasteiger charge is 2.52. The normalized spacial score (nSPS) is 25.5. The quantitative estimate of drug-likeness (QED) is 0.390. The highest BCUT2D eigenvalue weighted by atomic mass is 16.7. The highest BCUT2D eigenvalue weighted by Crippen LogP contribution is 2.54. The van der Waals surface area contributed by atoms with Crippen molar-refractivity contribution < 1.29 is 28.5 Å². The number of hydrogen-bond acceptors (Lipinski definition) is 6. The Morgan fingerprint density at radius 2 is 2.08 bits per heavy atom. The summed E-state index contributed by atoms with van der Waals surface area (Å²) in [5.41, 5.74) is 1.46. The molecular formula is C20H30O6. The maximum Gasteiger partial charge on any atom is 0.330 e. The first-order valence-electron chi connectivity index (χ1n) is 8.90. The van der Waals surface area contributed by atoms with Crippen molar-refractivity contribution in [3.05, 3.63) is 35.3 Å². The van der Waals surface area contributed by atoms with E-state index in [4.69, 9.17) is 23.7 Å². The van der Waals surface area contributed by atoms with Gasteiger partial charge in [0.1, 0.15) is 26.3 Å². The Bertz CT molecular complexity index is 601. The van der Waals surface area contributed by atoms with E-state index in [2.05, 4.69) is 20.8 Å². The fraction of sp³-hybridized carbons (Fsp3) is 0.650. The molecule has 0 bridgehead atoms. The lowest BCUT2D eigenvalue weighted by molar-refractivity contribution is -0.178. The molecule has 0 N–H and O–H groups in total. The van der Waals surface area contributed by atoms with E-state index in [-0.39, 0.29) is 18.2 Å². The van der Waals surface area contributed by atoms with Gasteiger partial charge in [-0.2, -0.15) is 0 Å². The molecule has 0 aromatic heterocycles. The van der Waals surface area contributed by atoms with Crippen molar-refractivity contribution in [2.24, 2.45) is 5.41 Å². The van der Waals surface area contributed by atoms with Crippen molar-refractivity contribution in [2.45, 2.75) is 45.6 Å². The van der Waals surface area contributed by atoms with E-state index < -0.39 is 5.60 Å². The van der Waals surface area contributed by atoms with Crippen molar-refractivity contribution in [3.8, 4) is 0 Å². The van der Waals surface area contributed by atoms with Gasteiger partial charge in [-0.05, 0) is 26.2 Å². The molecule has 146 valence electrons. The summed E-state index contributed by atoms with van der Waals surface area (Å²) < 4.78 is 27.5. The van der Waals surface area contributed by atoms with Crippen molar-refractivity contribution in [1.29, 1.82) is 0 Å². The fourth-order valence-corrected chi connectivity index (χ4v) is 3.86. The smallest absolute Gasteiger partial charge is 0.330 e. The molecule has 0 fully saturated rings. The molecule has 1 unspecified atom stereocenters. The summed E-state index contributed by atoms with van der Waals surface area (Å²) in [5, 5.41) is 0. The lowest BCUT2D eigenvalue weighted by atomic mass is 9.60. The average molecular weight is 366 g/mol. The van der Waals surface area contributed by atoms with Gasteiger partial charge >= 0.3 is 5.97 Å². The largest absolute Gasteiger partial charge is 0.494 e. The van der Waals surface area contributed by atoms with Crippen LogP contribution < -0.4 is 0 Å². The molecule has 2 rings (SSSR count). The molecule has 0 aromatic rings. The van der Waals surface area contributed by atoms with Crippen LogP contribution >= 0.6 is 0 Å². The second kappa shape index (κ2) is 8.73. The third-order valence-electron chi connectivity index (χ3n) is 5.35. The molecule has 0 spiro atoms. The van der Waals surface area contributed by atoms with E-state index >= 15 is 0 Å². The minimum atomic E-state index is -0.538. The third-order valence-corrected chi connectivity index (χ3v) is 5.35. The predicted octanol–water partition coefficient (Wildman–Crippen LogP) is 3.49. The van der Waals surface area contributed by atoms with Crippen LogP contribution in [-0.2, 0) is 28.5 Å². The predicted molar refractivity (Wildman–Crippen MR) is 97.2 cm³/mol. The van der Waals surface area contributed by atoms with Gasteiger partial charge < -0.3 is 23.7 Å². The maximum atomic E-state index is 11.5. The lowest BCUT2D eigenvalue weighted by Gasteiger charge is -2.51. The average Bonchev–Trinajstić information content (AvgIpc) is 2.63. The second-order valence-corrected chi connectivity index (χ2v) is 7.16. The monoisotopic (exact) mass is 366 g/mol. The summed E-state index contributed by atoms with van der Waals surface area (Å²) >= 11 is 0. The van der Waals surface area contributed by atoms with Crippen LogP contribution in [0.25, 0.3) is 0 Å². The Hall–Kier alpha value is -1.79. The van der Waals surface area contributed by atoms with Crippen LogP contribution in [0.3, 0.4) is 0 Å². The zero-order valence-electron chi connectivity index (χ0n) is 16.4. The van der Waals surface area contributed by atoms with E-state index in [0.29, 0.717) is 19.6 Å². The molecule has 1 aliphatic heterocycles. The van der Waals surface area contributed by atoms with Gasteiger partial charge in [-0.1, -0.05) is 25.5 Å². The molecule has 26 heavy (non-hydrogen) atoms. The molecule has 0 aromatic carbocycles. The summed E-state index contributed by atoms with van der Waals surface area (Å²) in [6.07, 6.45) is 7.20. The summed E-state index contributed by atoms with van der Waals surface area (Å²) in [4.78, 5) is 11.5. The van der Waals surface area contributed by atoms with Gasteiger partial charge in [0, 0.05) is 24.2 Å². The summed E-state index contributed by atoms with van der Waals surface area (Å²) in [6, 6.07) is 0. The number of carbonyl (C=O) groups excluding carboxylic acids is 1. The van der Waals surface area contributed by atoms with E-state index in [9.17, 15) is 4.79 Å². The number of esters is 1. The van der Waals surface area contributed by atoms with Crippen LogP contribution in [0.4, 0.5) is 0 Å². The van der Waals surface area contributed by atoms with Crippen molar-refractivity contribution >= 4 is 5.97 Å². The Morgan fingerprint density at radius 3 is 2.69 bits per heavy atom. The van der Waals surface area contributed by atoms with Gasteiger partial charge in [-0.15, -0.1) is 0 Å². The van der Waals surface area contributed by atoms with Gasteiger partial charge in [-0.25, -0.2) is 4.79 Å². The number of rotatable bonds is 7. The molecule has 1 aliphatic carbocycles. The minimum Gasteiger partial charge on any atom is -0.494 e. The topological polar surface area (TPSA) is 63.2 Å². The fourth-order valence-electron chi connectivity index (χ4n) is 3.86. The van der Waals surface area contributed by atoms with Crippen LogP contribution in [0.1, 0.15) is 40.0 Å².